The third-order valence-corrected chi connectivity index (χ3v) is 5.76. The van der Waals surface area contributed by atoms with E-state index in [1.807, 2.05) is 35.8 Å². The average Bonchev–Trinajstić information content (AvgIpc) is 3.09. The zero-order chi connectivity index (χ0) is 22.2. The number of amides is 1. The Labute approximate surface area is 189 Å². The van der Waals surface area contributed by atoms with E-state index in [9.17, 15) is 9.59 Å². The molecule has 1 amide bonds. The van der Waals surface area contributed by atoms with E-state index in [-0.39, 0.29) is 5.97 Å². The number of esters is 1. The fourth-order valence-electron chi connectivity index (χ4n) is 2.92. The lowest BCUT2D eigenvalue weighted by Gasteiger charge is -2.06. The molecule has 8 heteroatoms. The van der Waals surface area contributed by atoms with Gasteiger partial charge in [-0.15, -0.1) is 0 Å². The van der Waals surface area contributed by atoms with Gasteiger partial charge in [-0.25, -0.2) is 4.79 Å². The molecule has 0 aliphatic heterocycles. The molecule has 0 saturated heterocycles. The first-order chi connectivity index (χ1) is 15.0. The Hall–Kier alpha value is -2.74. The molecule has 0 aliphatic rings. The minimum absolute atomic E-state index is 0.308. The summed E-state index contributed by atoms with van der Waals surface area (Å²) in [6.45, 7) is 5.62. The van der Waals surface area contributed by atoms with Crippen LogP contribution in [0, 0.1) is 0 Å². The number of rotatable bonds is 8. The molecule has 0 aliphatic carbocycles. The van der Waals surface area contributed by atoms with Crippen molar-refractivity contribution in [2.24, 2.45) is 4.99 Å². The number of fused-ring (bicyclic) bond motifs is 1. The Balaban J connectivity index is 1.97. The van der Waals surface area contributed by atoms with Crippen molar-refractivity contribution >= 4 is 51.1 Å². The highest BCUT2D eigenvalue weighted by Crippen LogP contribution is 2.20. The van der Waals surface area contributed by atoms with Gasteiger partial charge >= 0.3 is 5.97 Å². The fraction of sp³-hybridized carbons (Fsp3) is 0.261. The van der Waals surface area contributed by atoms with Crippen molar-refractivity contribution in [3.05, 3.63) is 69.5 Å². The van der Waals surface area contributed by atoms with Crippen molar-refractivity contribution in [2.45, 2.75) is 20.4 Å². The largest absolute Gasteiger partial charge is 0.462 e. The number of halogens is 1. The van der Waals surface area contributed by atoms with E-state index >= 15 is 0 Å². The van der Waals surface area contributed by atoms with Crippen LogP contribution in [0.1, 0.15) is 29.8 Å². The monoisotopic (exact) mass is 458 g/mol. The number of hydrogen-bond acceptors (Lipinski definition) is 5. The summed E-state index contributed by atoms with van der Waals surface area (Å²) in [5.74, 6) is -0.779. The molecule has 2 aromatic carbocycles. The maximum absolute atomic E-state index is 12.5. The summed E-state index contributed by atoms with van der Waals surface area (Å²) < 4.78 is 13.3. The predicted octanol–water partition coefficient (Wildman–Crippen LogP) is 4.71. The number of aromatic nitrogens is 1. The summed E-state index contributed by atoms with van der Waals surface area (Å²) in [4.78, 5) is 29.4. The Bertz CT molecular complexity index is 1180. The van der Waals surface area contributed by atoms with Gasteiger partial charge in [-0.1, -0.05) is 41.1 Å². The molecule has 0 N–H and O–H groups in total. The van der Waals surface area contributed by atoms with Gasteiger partial charge in [0.25, 0.3) is 5.91 Å². The maximum Gasteiger partial charge on any atom is 0.338 e. The van der Waals surface area contributed by atoms with Crippen LogP contribution < -0.4 is 4.80 Å². The molecule has 3 rings (SSSR count). The third-order valence-electron chi connectivity index (χ3n) is 4.37. The van der Waals surface area contributed by atoms with Crippen molar-refractivity contribution in [2.75, 3.05) is 19.8 Å². The molecule has 0 saturated carbocycles. The first-order valence-corrected chi connectivity index (χ1v) is 11.1. The van der Waals surface area contributed by atoms with Gasteiger partial charge in [0, 0.05) is 24.3 Å². The average molecular weight is 459 g/mol. The molecule has 0 spiro atoms. The lowest BCUT2D eigenvalue weighted by molar-refractivity contribution is -0.113. The van der Waals surface area contributed by atoms with Gasteiger partial charge in [-0.2, -0.15) is 4.99 Å². The summed E-state index contributed by atoms with van der Waals surface area (Å²) in [6.07, 6.45) is 3.04. The van der Waals surface area contributed by atoms with E-state index in [0.717, 1.165) is 15.8 Å². The lowest BCUT2D eigenvalue weighted by atomic mass is 10.2. The van der Waals surface area contributed by atoms with Crippen LogP contribution in [0.25, 0.3) is 16.3 Å². The van der Waals surface area contributed by atoms with Crippen LogP contribution in [-0.4, -0.2) is 36.3 Å². The molecule has 0 radical (unpaired) electrons. The summed E-state index contributed by atoms with van der Waals surface area (Å²) >= 11 is 7.47. The number of thiazole rings is 1. The van der Waals surface area contributed by atoms with E-state index in [2.05, 4.69) is 4.99 Å². The van der Waals surface area contributed by atoms with Crippen LogP contribution in [0.3, 0.4) is 0 Å². The van der Waals surface area contributed by atoms with Crippen molar-refractivity contribution in [3.8, 4) is 0 Å². The number of nitrogens with zero attached hydrogens (tertiary/aromatic N) is 2. The van der Waals surface area contributed by atoms with Gasteiger partial charge in [-0.05, 0) is 49.8 Å². The van der Waals surface area contributed by atoms with E-state index in [4.69, 9.17) is 21.1 Å². The Morgan fingerprint density at radius 1 is 1.16 bits per heavy atom. The molecule has 0 atom stereocenters. The molecule has 0 unspecified atom stereocenters. The number of benzene rings is 2. The molecule has 31 heavy (non-hydrogen) atoms. The molecular formula is C23H23ClN2O4S. The molecule has 6 nitrogen and oxygen atoms in total. The minimum Gasteiger partial charge on any atom is -0.462 e. The second kappa shape index (κ2) is 11.0. The van der Waals surface area contributed by atoms with Crippen LogP contribution in [-0.2, 0) is 20.8 Å². The van der Waals surface area contributed by atoms with E-state index in [1.54, 1.807) is 31.2 Å². The van der Waals surface area contributed by atoms with Gasteiger partial charge in [0.2, 0.25) is 0 Å². The van der Waals surface area contributed by atoms with Gasteiger partial charge in [0.05, 0.1) is 29.0 Å². The molecule has 1 heterocycles. The smallest absolute Gasteiger partial charge is 0.338 e. The highest BCUT2D eigenvalue weighted by molar-refractivity contribution is 7.16. The third kappa shape index (κ3) is 5.91. The highest BCUT2D eigenvalue weighted by atomic mass is 35.5. The summed E-state index contributed by atoms with van der Waals surface area (Å²) in [7, 11) is 0. The first kappa shape index (κ1) is 22.9. The Kier molecular flexibility index (Phi) is 8.17. The standard InChI is InChI=1S/C23H23ClN2O4S/c1-3-29-14-13-26-19-11-9-17(22(28)30-4-2)15-20(19)31-23(26)25-21(27)12-10-16-7-5-6-8-18(16)24/h5-12,15H,3-4,13-14H2,1-2H3/b12-10+,25-23?. The molecule has 3 aromatic rings. The van der Waals surface area contributed by atoms with E-state index in [0.29, 0.717) is 41.8 Å². The Morgan fingerprint density at radius 2 is 1.97 bits per heavy atom. The van der Waals surface area contributed by atoms with Crippen molar-refractivity contribution in [1.82, 2.24) is 4.57 Å². The van der Waals surface area contributed by atoms with Gasteiger partial charge in [0.15, 0.2) is 4.80 Å². The second-order valence-corrected chi connectivity index (χ2v) is 7.86. The number of carbonyl (C=O) groups is 2. The molecule has 0 fully saturated rings. The maximum atomic E-state index is 12.5. The van der Waals surface area contributed by atoms with Crippen molar-refractivity contribution in [1.29, 1.82) is 0 Å². The number of carbonyl (C=O) groups excluding carboxylic acids is 2. The first-order valence-electron chi connectivity index (χ1n) is 9.93. The zero-order valence-corrected chi connectivity index (χ0v) is 18.9. The molecular weight excluding hydrogens is 436 g/mol. The number of hydrogen-bond donors (Lipinski definition) is 0. The summed E-state index contributed by atoms with van der Waals surface area (Å²) in [6, 6.07) is 12.6. The van der Waals surface area contributed by atoms with Crippen LogP contribution >= 0.6 is 22.9 Å². The molecule has 0 bridgehead atoms. The van der Waals surface area contributed by atoms with Crippen LogP contribution in [0.15, 0.2) is 53.5 Å². The number of ether oxygens (including phenoxy) is 2. The van der Waals surface area contributed by atoms with Gasteiger partial charge in [-0.3, -0.25) is 4.79 Å². The van der Waals surface area contributed by atoms with Crippen LogP contribution in [0.2, 0.25) is 5.02 Å². The summed E-state index contributed by atoms with van der Waals surface area (Å²) in [5, 5.41) is 0.562. The van der Waals surface area contributed by atoms with Crippen molar-refractivity contribution in [3.63, 3.8) is 0 Å². The normalized spacial score (nSPS) is 12.0. The van der Waals surface area contributed by atoms with Gasteiger partial charge in [0.1, 0.15) is 0 Å². The SMILES string of the molecule is CCOCCn1c(=NC(=O)/C=C/c2ccccc2Cl)sc2cc(C(=O)OCC)ccc21. The van der Waals surface area contributed by atoms with E-state index < -0.39 is 5.91 Å². The zero-order valence-electron chi connectivity index (χ0n) is 17.3. The lowest BCUT2D eigenvalue weighted by Crippen LogP contribution is -2.19. The quantitative estimate of drug-likeness (QED) is 0.278. The second-order valence-electron chi connectivity index (χ2n) is 6.44. The van der Waals surface area contributed by atoms with Crippen molar-refractivity contribution < 1.29 is 19.1 Å². The highest BCUT2D eigenvalue weighted by Gasteiger charge is 2.12. The fourth-order valence-corrected chi connectivity index (χ4v) is 4.22. The summed E-state index contributed by atoms with van der Waals surface area (Å²) in [5.41, 5.74) is 2.08. The van der Waals surface area contributed by atoms with E-state index in [1.165, 1.54) is 17.4 Å². The van der Waals surface area contributed by atoms with Crippen LogP contribution in [0.4, 0.5) is 0 Å². The minimum atomic E-state index is -0.401. The van der Waals surface area contributed by atoms with Gasteiger partial charge < -0.3 is 14.0 Å². The topological polar surface area (TPSA) is 69.9 Å². The molecule has 1 aromatic heterocycles. The Morgan fingerprint density at radius 3 is 2.71 bits per heavy atom. The van der Waals surface area contributed by atoms with Crippen LogP contribution in [0.5, 0.6) is 0 Å². The molecule has 162 valence electrons. The predicted molar refractivity (Wildman–Crippen MR) is 123 cm³/mol.